The van der Waals surface area contributed by atoms with Crippen molar-refractivity contribution >= 4 is 32.6 Å². The molecule has 3 aromatic rings. The number of nitrogens with one attached hydrogen (secondary N) is 1. The van der Waals surface area contributed by atoms with Crippen molar-refractivity contribution in [2.24, 2.45) is 0 Å². The average Bonchev–Trinajstić information content (AvgIpc) is 2.96. The molecule has 0 fully saturated rings. The molecule has 1 aromatic heterocycles. The summed E-state index contributed by atoms with van der Waals surface area (Å²) in [5, 5.41) is 3.46. The molecule has 0 radical (unpaired) electrons. The first-order chi connectivity index (χ1) is 12.3. The molecule has 5 heteroatoms. The molecule has 136 valence electrons. The average molecular weight is 369 g/mol. The minimum Gasteiger partial charge on any atom is -0.483 e. The highest BCUT2D eigenvalue weighted by Gasteiger charge is 2.12. The number of aromatic nitrogens is 1. The molecule has 1 heterocycles. The molecule has 4 nitrogen and oxygen atoms in total. The maximum Gasteiger partial charge on any atom is 0.264 e. The number of carbonyl (C=O) groups is 1. The monoisotopic (exact) mass is 368 g/mol. The van der Waals surface area contributed by atoms with Crippen molar-refractivity contribution in [2.75, 3.05) is 11.9 Å². The number of anilines is 1. The molecular formula is C21H24N2O2S. The number of hydrogen-bond acceptors (Lipinski definition) is 4. The van der Waals surface area contributed by atoms with Crippen molar-refractivity contribution in [3.05, 3.63) is 52.6 Å². The first kappa shape index (κ1) is 18.4. The Kier molecular flexibility index (Phi) is 5.28. The second kappa shape index (κ2) is 7.46. The van der Waals surface area contributed by atoms with Crippen LogP contribution < -0.4 is 10.1 Å². The van der Waals surface area contributed by atoms with Gasteiger partial charge in [-0.05, 0) is 61.1 Å². The van der Waals surface area contributed by atoms with Gasteiger partial charge in [0.1, 0.15) is 5.75 Å². The SMILES string of the molecule is Cc1cc(C)c2nc(NC(=O)COc3cc(C(C)C)ccc3C)sc2c1. The first-order valence-corrected chi connectivity index (χ1v) is 9.56. The van der Waals surface area contributed by atoms with Gasteiger partial charge in [0.25, 0.3) is 5.91 Å². The summed E-state index contributed by atoms with van der Waals surface area (Å²) in [4.78, 5) is 16.8. The molecule has 0 saturated heterocycles. The van der Waals surface area contributed by atoms with Crippen molar-refractivity contribution in [1.29, 1.82) is 0 Å². The lowest BCUT2D eigenvalue weighted by molar-refractivity contribution is -0.118. The van der Waals surface area contributed by atoms with Gasteiger partial charge < -0.3 is 4.74 Å². The predicted octanol–water partition coefficient (Wildman–Crippen LogP) is 5.36. The van der Waals surface area contributed by atoms with Crippen LogP contribution in [0.4, 0.5) is 5.13 Å². The molecule has 0 bridgehead atoms. The normalized spacial score (nSPS) is 11.2. The molecule has 2 aromatic carbocycles. The van der Waals surface area contributed by atoms with Crippen LogP contribution >= 0.6 is 11.3 Å². The maximum absolute atomic E-state index is 12.3. The lowest BCUT2D eigenvalue weighted by atomic mass is 10.0. The van der Waals surface area contributed by atoms with Crippen LogP contribution in [0.25, 0.3) is 10.2 Å². The van der Waals surface area contributed by atoms with E-state index in [2.05, 4.69) is 49.3 Å². The van der Waals surface area contributed by atoms with E-state index in [1.54, 1.807) is 0 Å². The van der Waals surface area contributed by atoms with Crippen molar-refractivity contribution < 1.29 is 9.53 Å². The largest absolute Gasteiger partial charge is 0.483 e. The molecule has 0 saturated carbocycles. The molecule has 0 unspecified atom stereocenters. The molecule has 1 amide bonds. The summed E-state index contributed by atoms with van der Waals surface area (Å²) in [6.45, 7) is 10.3. The summed E-state index contributed by atoms with van der Waals surface area (Å²) >= 11 is 1.49. The van der Waals surface area contributed by atoms with Crippen LogP contribution in [0.15, 0.2) is 30.3 Å². The van der Waals surface area contributed by atoms with Crippen molar-refractivity contribution in [3.63, 3.8) is 0 Å². The van der Waals surface area contributed by atoms with Crippen molar-refractivity contribution in [2.45, 2.75) is 40.5 Å². The van der Waals surface area contributed by atoms with E-state index in [0.29, 0.717) is 11.0 Å². The van der Waals surface area contributed by atoms with E-state index in [9.17, 15) is 4.79 Å². The third kappa shape index (κ3) is 4.05. The lowest BCUT2D eigenvalue weighted by Gasteiger charge is -2.12. The topological polar surface area (TPSA) is 51.2 Å². The molecule has 26 heavy (non-hydrogen) atoms. The van der Waals surface area contributed by atoms with Crippen LogP contribution in [0.3, 0.4) is 0 Å². The Labute approximate surface area is 158 Å². The minimum absolute atomic E-state index is 0.0314. The third-order valence-electron chi connectivity index (χ3n) is 4.31. The van der Waals surface area contributed by atoms with Gasteiger partial charge in [-0.3, -0.25) is 10.1 Å². The Hall–Kier alpha value is -2.40. The van der Waals surface area contributed by atoms with Crippen LogP contribution in [0.2, 0.25) is 0 Å². The fourth-order valence-electron chi connectivity index (χ4n) is 2.85. The van der Waals surface area contributed by atoms with Gasteiger partial charge in [-0.15, -0.1) is 0 Å². The molecule has 0 aliphatic rings. The molecule has 0 spiro atoms. The van der Waals surface area contributed by atoms with Crippen LogP contribution in [0, 0.1) is 20.8 Å². The number of fused-ring (bicyclic) bond motifs is 1. The van der Waals surface area contributed by atoms with Gasteiger partial charge in [-0.2, -0.15) is 0 Å². The fraction of sp³-hybridized carbons (Fsp3) is 0.333. The van der Waals surface area contributed by atoms with E-state index in [1.807, 2.05) is 26.0 Å². The Morgan fingerprint density at radius 1 is 1.15 bits per heavy atom. The standard InChI is InChI=1S/C21H24N2O2S/c1-12(2)16-7-6-14(4)17(10-16)25-11-19(24)22-21-23-20-15(5)8-13(3)9-18(20)26-21/h6-10,12H,11H2,1-5H3,(H,22,23,24). The van der Waals surface area contributed by atoms with Gasteiger partial charge in [0.2, 0.25) is 0 Å². The summed E-state index contributed by atoms with van der Waals surface area (Å²) in [6, 6.07) is 10.3. The zero-order valence-electron chi connectivity index (χ0n) is 15.8. The zero-order chi connectivity index (χ0) is 18.8. The van der Waals surface area contributed by atoms with E-state index in [1.165, 1.54) is 22.5 Å². The van der Waals surface area contributed by atoms with Crippen LogP contribution in [-0.2, 0) is 4.79 Å². The lowest BCUT2D eigenvalue weighted by Crippen LogP contribution is -2.20. The van der Waals surface area contributed by atoms with Crippen LogP contribution in [0.5, 0.6) is 5.75 Å². The van der Waals surface area contributed by atoms with Gasteiger partial charge in [0.05, 0.1) is 10.2 Å². The van der Waals surface area contributed by atoms with Gasteiger partial charge in [-0.1, -0.05) is 43.4 Å². The number of thiazole rings is 1. The van der Waals surface area contributed by atoms with E-state index < -0.39 is 0 Å². The molecule has 0 aliphatic heterocycles. The highest BCUT2D eigenvalue weighted by Crippen LogP contribution is 2.29. The molecule has 0 aliphatic carbocycles. The Balaban J connectivity index is 1.68. The highest BCUT2D eigenvalue weighted by molar-refractivity contribution is 7.22. The van der Waals surface area contributed by atoms with E-state index in [-0.39, 0.29) is 12.5 Å². The number of carbonyl (C=O) groups excluding carboxylic acids is 1. The van der Waals surface area contributed by atoms with E-state index in [0.717, 1.165) is 27.1 Å². The van der Waals surface area contributed by atoms with Gasteiger partial charge >= 0.3 is 0 Å². The maximum atomic E-state index is 12.3. The van der Waals surface area contributed by atoms with Gasteiger partial charge in [0, 0.05) is 0 Å². The number of benzene rings is 2. The van der Waals surface area contributed by atoms with Gasteiger partial charge in [-0.25, -0.2) is 4.98 Å². The Bertz CT molecular complexity index is 960. The number of hydrogen-bond donors (Lipinski definition) is 1. The highest BCUT2D eigenvalue weighted by atomic mass is 32.1. The Morgan fingerprint density at radius 2 is 1.92 bits per heavy atom. The van der Waals surface area contributed by atoms with Crippen LogP contribution in [0.1, 0.15) is 42.0 Å². The second-order valence-corrected chi connectivity index (χ2v) is 7.99. The minimum atomic E-state index is -0.201. The van der Waals surface area contributed by atoms with E-state index >= 15 is 0 Å². The number of amides is 1. The van der Waals surface area contributed by atoms with E-state index in [4.69, 9.17) is 4.74 Å². The summed E-state index contributed by atoms with van der Waals surface area (Å²) in [5.41, 5.74) is 5.48. The van der Waals surface area contributed by atoms with Crippen molar-refractivity contribution in [1.82, 2.24) is 4.98 Å². The smallest absolute Gasteiger partial charge is 0.264 e. The Morgan fingerprint density at radius 3 is 2.65 bits per heavy atom. The number of nitrogens with zero attached hydrogens (tertiary/aromatic N) is 1. The summed E-state index contributed by atoms with van der Waals surface area (Å²) < 4.78 is 6.83. The first-order valence-electron chi connectivity index (χ1n) is 8.74. The molecule has 3 rings (SSSR count). The molecular weight excluding hydrogens is 344 g/mol. The molecule has 0 atom stereocenters. The van der Waals surface area contributed by atoms with Gasteiger partial charge in [0.15, 0.2) is 11.7 Å². The predicted molar refractivity (Wildman–Crippen MR) is 108 cm³/mol. The van der Waals surface area contributed by atoms with Crippen molar-refractivity contribution in [3.8, 4) is 5.75 Å². The zero-order valence-corrected chi connectivity index (χ0v) is 16.7. The number of rotatable bonds is 5. The number of aryl methyl sites for hydroxylation is 3. The fourth-order valence-corrected chi connectivity index (χ4v) is 3.91. The third-order valence-corrected chi connectivity index (χ3v) is 5.23. The summed E-state index contributed by atoms with van der Waals surface area (Å²) in [7, 11) is 0. The summed E-state index contributed by atoms with van der Waals surface area (Å²) in [5.74, 6) is 0.969. The molecule has 1 N–H and O–H groups in total. The summed E-state index contributed by atoms with van der Waals surface area (Å²) in [6.07, 6.45) is 0. The quantitative estimate of drug-likeness (QED) is 0.659. The second-order valence-electron chi connectivity index (χ2n) is 6.96. The van der Waals surface area contributed by atoms with Crippen LogP contribution in [-0.4, -0.2) is 17.5 Å². The number of ether oxygens (including phenoxy) is 1.